The molecule has 0 aromatic carbocycles. The van der Waals surface area contributed by atoms with E-state index >= 15 is 0 Å². The molecule has 1 aromatic heterocycles. The normalized spacial score (nSPS) is 11.8. The van der Waals surface area contributed by atoms with Crippen LogP contribution in [0.3, 0.4) is 0 Å². The number of hydrogen-bond acceptors (Lipinski definition) is 1. The molecule has 1 aromatic rings. The van der Waals surface area contributed by atoms with E-state index in [9.17, 15) is 4.79 Å². The Hall–Kier alpha value is -1.57. The summed E-state index contributed by atoms with van der Waals surface area (Å²) < 4.78 is 0. The molecule has 0 aliphatic heterocycles. The summed E-state index contributed by atoms with van der Waals surface area (Å²) in [6.45, 7) is 2.26. The molecule has 0 fully saturated rings. The molecule has 2 heteroatoms. The molecule has 0 aliphatic rings. The largest absolute Gasteiger partial charge is 0.356 e. The average Bonchev–Trinajstić information content (AvgIpc) is 3.23. The second-order valence-electron chi connectivity index (χ2n) is 8.66. The van der Waals surface area contributed by atoms with Crippen molar-refractivity contribution in [3.05, 3.63) is 47.8 Å². The van der Waals surface area contributed by atoms with Gasteiger partial charge in [0.1, 0.15) is 0 Å². The summed E-state index contributed by atoms with van der Waals surface area (Å²) in [7, 11) is 0. The number of allylic oxidation sites excluding steroid dienone is 4. The van der Waals surface area contributed by atoms with Gasteiger partial charge in [0.2, 0.25) is 0 Å². The summed E-state index contributed by atoms with van der Waals surface area (Å²) in [5.41, 5.74) is 1.89. The highest BCUT2D eigenvalue weighted by atomic mass is 16.1. The Kier molecular flexibility index (Phi) is 18.3. The number of unbranched alkanes of at least 4 members (excludes halogenated alkanes) is 14. The molecule has 0 amide bonds. The maximum atomic E-state index is 10.6. The van der Waals surface area contributed by atoms with Crippen LogP contribution in [0.1, 0.15) is 132 Å². The number of H-pyrrole nitrogens is 1. The third kappa shape index (κ3) is 16.3. The molecule has 1 heterocycles. The van der Waals surface area contributed by atoms with E-state index in [4.69, 9.17) is 0 Å². The highest BCUT2D eigenvalue weighted by molar-refractivity contribution is 5.71. The number of hydrogen-bond donors (Lipinski definition) is 1. The second-order valence-corrected chi connectivity index (χ2v) is 8.66. The molecule has 170 valence electrons. The van der Waals surface area contributed by atoms with E-state index in [0.29, 0.717) is 5.69 Å². The van der Waals surface area contributed by atoms with Gasteiger partial charge in [-0.25, -0.2) is 0 Å². The van der Waals surface area contributed by atoms with Crippen molar-refractivity contribution in [2.24, 2.45) is 0 Å². The Morgan fingerprint density at radius 3 is 1.73 bits per heavy atom. The molecule has 0 unspecified atom stereocenters. The molecule has 0 radical (unpaired) electrons. The lowest BCUT2D eigenvalue weighted by Gasteiger charge is -2.03. The van der Waals surface area contributed by atoms with Crippen LogP contribution in [-0.2, 0) is 6.42 Å². The minimum atomic E-state index is 0.697. The first-order valence-electron chi connectivity index (χ1n) is 12.8. The molecule has 0 bridgehead atoms. The lowest BCUT2D eigenvalue weighted by molar-refractivity contribution is 0.111. The molecule has 0 saturated carbocycles. The van der Waals surface area contributed by atoms with E-state index in [2.05, 4.69) is 36.2 Å². The van der Waals surface area contributed by atoms with Crippen LogP contribution in [0.2, 0.25) is 0 Å². The molecular formula is C28H47NO. The van der Waals surface area contributed by atoms with Crippen LogP contribution in [0.15, 0.2) is 36.4 Å². The van der Waals surface area contributed by atoms with E-state index in [-0.39, 0.29) is 0 Å². The molecule has 2 nitrogen and oxygen atoms in total. The zero-order valence-corrected chi connectivity index (χ0v) is 19.7. The Labute approximate surface area is 186 Å². The Morgan fingerprint density at radius 2 is 1.20 bits per heavy atom. The maximum absolute atomic E-state index is 10.6. The summed E-state index contributed by atoms with van der Waals surface area (Å²) in [6.07, 6.45) is 34.0. The number of carbonyl (C=O) groups is 1. The van der Waals surface area contributed by atoms with Gasteiger partial charge >= 0.3 is 0 Å². The number of aromatic nitrogens is 1. The Balaban J connectivity index is 1.75. The van der Waals surface area contributed by atoms with Crippen LogP contribution < -0.4 is 0 Å². The number of carbonyl (C=O) groups excluding carboxylic acids is 1. The second kappa shape index (κ2) is 20.7. The van der Waals surface area contributed by atoms with Gasteiger partial charge in [-0.2, -0.15) is 0 Å². The minimum Gasteiger partial charge on any atom is -0.356 e. The van der Waals surface area contributed by atoms with E-state index in [1.807, 2.05) is 12.1 Å². The van der Waals surface area contributed by atoms with Crippen LogP contribution in [0.5, 0.6) is 0 Å². The lowest BCUT2D eigenvalue weighted by Crippen LogP contribution is -1.88. The number of aldehydes is 1. The van der Waals surface area contributed by atoms with Crippen molar-refractivity contribution in [3.63, 3.8) is 0 Å². The fraction of sp³-hybridized carbons (Fsp3) is 0.679. The van der Waals surface area contributed by atoms with Crippen molar-refractivity contribution in [2.75, 3.05) is 0 Å². The van der Waals surface area contributed by atoms with Crippen molar-refractivity contribution in [1.29, 1.82) is 0 Å². The first-order chi connectivity index (χ1) is 14.9. The third-order valence-corrected chi connectivity index (χ3v) is 5.79. The fourth-order valence-electron chi connectivity index (χ4n) is 3.86. The van der Waals surface area contributed by atoms with Crippen LogP contribution >= 0.6 is 0 Å². The first kappa shape index (κ1) is 26.5. The number of rotatable bonds is 21. The highest BCUT2D eigenvalue weighted by Crippen LogP contribution is 2.13. The summed E-state index contributed by atoms with van der Waals surface area (Å²) in [6, 6.07) is 3.90. The molecule has 1 rings (SSSR count). The number of nitrogens with one attached hydrogen (secondary N) is 1. The molecule has 0 saturated heterocycles. The summed E-state index contributed by atoms with van der Waals surface area (Å²) in [5, 5.41) is 0. The minimum absolute atomic E-state index is 0.697. The third-order valence-electron chi connectivity index (χ3n) is 5.79. The molecule has 30 heavy (non-hydrogen) atoms. The fourth-order valence-corrected chi connectivity index (χ4v) is 3.86. The van der Waals surface area contributed by atoms with Gasteiger partial charge in [-0.05, 0) is 57.1 Å². The van der Waals surface area contributed by atoms with Crippen molar-refractivity contribution in [3.8, 4) is 0 Å². The molecule has 1 N–H and O–H groups in total. The van der Waals surface area contributed by atoms with E-state index in [1.165, 1.54) is 108 Å². The molecule has 0 atom stereocenters. The zero-order valence-electron chi connectivity index (χ0n) is 19.7. The van der Waals surface area contributed by atoms with Crippen molar-refractivity contribution >= 4 is 6.29 Å². The molecule has 0 spiro atoms. The van der Waals surface area contributed by atoms with Gasteiger partial charge in [0.05, 0.1) is 5.69 Å². The summed E-state index contributed by atoms with van der Waals surface area (Å²) in [4.78, 5) is 13.8. The lowest BCUT2D eigenvalue weighted by atomic mass is 10.0. The van der Waals surface area contributed by atoms with Gasteiger partial charge < -0.3 is 4.98 Å². The average molecular weight is 414 g/mol. The van der Waals surface area contributed by atoms with Crippen molar-refractivity contribution in [1.82, 2.24) is 4.98 Å². The standard InChI is InChI=1S/C28H47NO/c1-2-3-4-5-6-7-8-9-10-11-12-13-14-15-16-17-18-19-20-21-22-23-27-24-25-28(26-30)29-27/h6-7,9-10,24-26,29H,2-5,8,11-23H2,1H3/b7-6-,10-9-. The van der Waals surface area contributed by atoms with Gasteiger partial charge in [0, 0.05) is 5.69 Å². The molecular weight excluding hydrogens is 366 g/mol. The summed E-state index contributed by atoms with van der Waals surface area (Å²) in [5.74, 6) is 0. The van der Waals surface area contributed by atoms with Crippen LogP contribution in [-0.4, -0.2) is 11.3 Å². The van der Waals surface area contributed by atoms with E-state index in [1.54, 1.807) is 0 Å². The van der Waals surface area contributed by atoms with Gasteiger partial charge in [0.25, 0.3) is 0 Å². The van der Waals surface area contributed by atoms with Crippen molar-refractivity contribution < 1.29 is 4.79 Å². The quantitative estimate of drug-likeness (QED) is 0.122. The van der Waals surface area contributed by atoms with Gasteiger partial charge in [-0.15, -0.1) is 0 Å². The van der Waals surface area contributed by atoms with Crippen LogP contribution in [0.25, 0.3) is 0 Å². The Bertz CT molecular complexity index is 555. The van der Waals surface area contributed by atoms with Crippen LogP contribution in [0, 0.1) is 0 Å². The van der Waals surface area contributed by atoms with E-state index < -0.39 is 0 Å². The zero-order chi connectivity index (χ0) is 21.5. The van der Waals surface area contributed by atoms with Gasteiger partial charge in [0.15, 0.2) is 6.29 Å². The van der Waals surface area contributed by atoms with E-state index in [0.717, 1.165) is 19.1 Å². The topological polar surface area (TPSA) is 32.9 Å². The van der Waals surface area contributed by atoms with Gasteiger partial charge in [-0.1, -0.05) is 102 Å². The first-order valence-corrected chi connectivity index (χ1v) is 12.8. The number of aromatic amines is 1. The highest BCUT2D eigenvalue weighted by Gasteiger charge is 1.98. The Morgan fingerprint density at radius 1 is 0.667 bits per heavy atom. The maximum Gasteiger partial charge on any atom is 0.166 e. The number of aryl methyl sites for hydroxylation is 1. The smallest absolute Gasteiger partial charge is 0.166 e. The SMILES string of the molecule is CCCCC/C=C\C/C=C\CCCCCCCCCCCCCc1ccc(C=O)[nH]1. The van der Waals surface area contributed by atoms with Gasteiger partial charge in [-0.3, -0.25) is 4.79 Å². The predicted molar refractivity (Wildman–Crippen MR) is 132 cm³/mol. The summed E-state index contributed by atoms with van der Waals surface area (Å²) >= 11 is 0. The van der Waals surface area contributed by atoms with Crippen LogP contribution in [0.4, 0.5) is 0 Å². The molecule has 0 aliphatic carbocycles. The van der Waals surface area contributed by atoms with Crippen molar-refractivity contribution in [2.45, 2.75) is 122 Å². The monoisotopic (exact) mass is 413 g/mol. The predicted octanol–water partition coefficient (Wildman–Crippen LogP) is 9.13.